The zero-order valence-electron chi connectivity index (χ0n) is 12.2. The SMILES string of the molecule is Clc1cc(N2CCC(N3CCOCC3)C2)nc(C2CC2)n1. The van der Waals surface area contributed by atoms with Crippen LogP contribution in [0.15, 0.2) is 6.07 Å². The second-order valence-electron chi connectivity index (χ2n) is 6.22. The molecule has 3 aliphatic rings. The van der Waals surface area contributed by atoms with E-state index in [2.05, 4.69) is 14.8 Å². The van der Waals surface area contributed by atoms with Gasteiger partial charge in [0.05, 0.1) is 13.2 Å². The van der Waals surface area contributed by atoms with Crippen LogP contribution >= 0.6 is 11.6 Å². The molecule has 6 heteroatoms. The smallest absolute Gasteiger partial charge is 0.135 e. The molecule has 0 aromatic carbocycles. The first-order valence-electron chi connectivity index (χ1n) is 7.91. The number of ether oxygens (including phenoxy) is 1. The minimum absolute atomic E-state index is 0.542. The molecule has 3 heterocycles. The van der Waals surface area contributed by atoms with Crippen LogP contribution in [0.4, 0.5) is 5.82 Å². The van der Waals surface area contributed by atoms with Crippen LogP contribution in [0.5, 0.6) is 0 Å². The third kappa shape index (κ3) is 3.00. The lowest BCUT2D eigenvalue weighted by atomic mass is 10.2. The zero-order valence-corrected chi connectivity index (χ0v) is 12.9. The molecule has 1 saturated carbocycles. The Kier molecular flexibility index (Phi) is 3.73. The predicted molar refractivity (Wildman–Crippen MR) is 82.0 cm³/mol. The van der Waals surface area contributed by atoms with Crippen molar-refractivity contribution >= 4 is 17.4 Å². The Morgan fingerprint density at radius 2 is 1.90 bits per heavy atom. The van der Waals surface area contributed by atoms with Crippen molar-refractivity contribution in [3.05, 3.63) is 17.0 Å². The molecule has 0 bridgehead atoms. The number of halogens is 1. The molecule has 3 fully saturated rings. The first-order chi connectivity index (χ1) is 10.3. The van der Waals surface area contributed by atoms with E-state index in [-0.39, 0.29) is 0 Å². The van der Waals surface area contributed by atoms with Gasteiger partial charge in [-0.05, 0) is 19.3 Å². The largest absolute Gasteiger partial charge is 0.379 e. The minimum atomic E-state index is 0.542. The Morgan fingerprint density at radius 1 is 1.10 bits per heavy atom. The van der Waals surface area contributed by atoms with Crippen molar-refractivity contribution in [2.75, 3.05) is 44.3 Å². The van der Waals surface area contributed by atoms with E-state index >= 15 is 0 Å². The fraction of sp³-hybridized carbons (Fsp3) is 0.733. The summed E-state index contributed by atoms with van der Waals surface area (Å²) in [4.78, 5) is 14.0. The van der Waals surface area contributed by atoms with Gasteiger partial charge in [-0.25, -0.2) is 9.97 Å². The van der Waals surface area contributed by atoms with Gasteiger partial charge in [-0.15, -0.1) is 0 Å². The van der Waals surface area contributed by atoms with Crippen LogP contribution in [0.25, 0.3) is 0 Å². The molecule has 1 atom stereocenters. The van der Waals surface area contributed by atoms with Crippen molar-refractivity contribution in [1.82, 2.24) is 14.9 Å². The maximum Gasteiger partial charge on any atom is 0.135 e. The third-order valence-electron chi connectivity index (χ3n) is 4.69. The van der Waals surface area contributed by atoms with Gasteiger partial charge in [0.15, 0.2) is 0 Å². The van der Waals surface area contributed by atoms with Crippen LogP contribution < -0.4 is 4.90 Å². The quantitative estimate of drug-likeness (QED) is 0.798. The highest BCUT2D eigenvalue weighted by atomic mass is 35.5. The van der Waals surface area contributed by atoms with Gasteiger partial charge in [-0.3, -0.25) is 4.90 Å². The average molecular weight is 309 g/mol. The van der Waals surface area contributed by atoms with E-state index in [4.69, 9.17) is 21.3 Å². The lowest BCUT2D eigenvalue weighted by molar-refractivity contribution is 0.0209. The van der Waals surface area contributed by atoms with E-state index in [1.807, 2.05) is 6.07 Å². The number of hydrogen-bond acceptors (Lipinski definition) is 5. The summed E-state index contributed by atoms with van der Waals surface area (Å²) < 4.78 is 5.44. The highest BCUT2D eigenvalue weighted by Crippen LogP contribution is 2.39. The molecule has 1 aliphatic carbocycles. The van der Waals surface area contributed by atoms with Crippen LogP contribution in [-0.4, -0.2) is 60.3 Å². The molecule has 21 heavy (non-hydrogen) atoms. The van der Waals surface area contributed by atoms with E-state index in [1.165, 1.54) is 19.3 Å². The molecule has 1 aromatic rings. The Bertz CT molecular complexity index is 516. The number of anilines is 1. The number of morpholine rings is 1. The topological polar surface area (TPSA) is 41.5 Å². The van der Waals surface area contributed by atoms with E-state index in [0.29, 0.717) is 17.1 Å². The normalized spacial score (nSPS) is 27.3. The number of rotatable bonds is 3. The maximum atomic E-state index is 6.18. The van der Waals surface area contributed by atoms with Crippen molar-refractivity contribution in [1.29, 1.82) is 0 Å². The van der Waals surface area contributed by atoms with Gasteiger partial charge in [0.25, 0.3) is 0 Å². The summed E-state index contributed by atoms with van der Waals surface area (Å²) in [5, 5.41) is 0.580. The lowest BCUT2D eigenvalue weighted by Gasteiger charge is -2.32. The maximum absolute atomic E-state index is 6.18. The Balaban J connectivity index is 1.47. The van der Waals surface area contributed by atoms with E-state index in [1.54, 1.807) is 0 Å². The zero-order chi connectivity index (χ0) is 14.2. The Morgan fingerprint density at radius 3 is 2.67 bits per heavy atom. The summed E-state index contributed by atoms with van der Waals surface area (Å²) in [6.45, 7) is 5.92. The van der Waals surface area contributed by atoms with Gasteiger partial charge >= 0.3 is 0 Å². The molecule has 1 unspecified atom stereocenters. The summed E-state index contributed by atoms with van der Waals surface area (Å²) in [5.41, 5.74) is 0. The molecule has 4 rings (SSSR count). The van der Waals surface area contributed by atoms with Gasteiger partial charge in [-0.1, -0.05) is 11.6 Å². The fourth-order valence-electron chi connectivity index (χ4n) is 3.30. The standard InChI is InChI=1S/C15H21ClN4O/c16-13-9-14(18-15(17-13)11-1-2-11)20-4-3-12(10-20)19-5-7-21-8-6-19/h9,11-12H,1-8,10H2. The lowest BCUT2D eigenvalue weighted by Crippen LogP contribution is -2.44. The molecule has 0 N–H and O–H groups in total. The van der Waals surface area contributed by atoms with Crippen molar-refractivity contribution < 1.29 is 4.74 Å². The van der Waals surface area contributed by atoms with Crippen LogP contribution in [0.2, 0.25) is 5.15 Å². The highest BCUT2D eigenvalue weighted by molar-refractivity contribution is 6.29. The molecule has 0 radical (unpaired) electrons. The van der Waals surface area contributed by atoms with Crippen molar-refractivity contribution in [2.24, 2.45) is 0 Å². The molecule has 0 spiro atoms. The molecular formula is C15H21ClN4O. The summed E-state index contributed by atoms with van der Waals surface area (Å²) in [5.74, 6) is 2.49. The van der Waals surface area contributed by atoms with Gasteiger partial charge < -0.3 is 9.64 Å². The van der Waals surface area contributed by atoms with Crippen molar-refractivity contribution in [2.45, 2.75) is 31.2 Å². The first kappa shape index (κ1) is 13.7. The fourth-order valence-corrected chi connectivity index (χ4v) is 3.48. The van der Waals surface area contributed by atoms with Gasteiger partial charge in [0.2, 0.25) is 0 Å². The van der Waals surface area contributed by atoms with Gasteiger partial charge in [0.1, 0.15) is 16.8 Å². The van der Waals surface area contributed by atoms with Crippen LogP contribution in [0, 0.1) is 0 Å². The highest BCUT2D eigenvalue weighted by Gasteiger charge is 2.31. The number of aromatic nitrogens is 2. The molecule has 2 aliphatic heterocycles. The molecule has 2 saturated heterocycles. The number of hydrogen-bond donors (Lipinski definition) is 0. The van der Waals surface area contributed by atoms with E-state index < -0.39 is 0 Å². The Labute approximate surface area is 130 Å². The van der Waals surface area contributed by atoms with Gasteiger partial charge in [0, 0.05) is 44.2 Å². The molecule has 1 aromatic heterocycles. The Hall–Kier alpha value is -0.910. The summed E-state index contributed by atoms with van der Waals surface area (Å²) >= 11 is 6.18. The van der Waals surface area contributed by atoms with Crippen LogP contribution in [0.3, 0.4) is 0 Å². The second-order valence-corrected chi connectivity index (χ2v) is 6.61. The van der Waals surface area contributed by atoms with E-state index in [9.17, 15) is 0 Å². The molecule has 0 amide bonds. The monoisotopic (exact) mass is 308 g/mol. The van der Waals surface area contributed by atoms with Crippen molar-refractivity contribution in [3.63, 3.8) is 0 Å². The summed E-state index contributed by atoms with van der Waals surface area (Å²) in [7, 11) is 0. The molecule has 5 nitrogen and oxygen atoms in total. The third-order valence-corrected chi connectivity index (χ3v) is 4.88. The second kappa shape index (κ2) is 5.71. The van der Waals surface area contributed by atoms with Gasteiger partial charge in [-0.2, -0.15) is 0 Å². The van der Waals surface area contributed by atoms with Crippen molar-refractivity contribution in [3.8, 4) is 0 Å². The summed E-state index contributed by atoms with van der Waals surface area (Å²) in [6.07, 6.45) is 3.60. The molecular weight excluding hydrogens is 288 g/mol. The average Bonchev–Trinajstić information content (AvgIpc) is 3.24. The van der Waals surface area contributed by atoms with Crippen LogP contribution in [0.1, 0.15) is 31.0 Å². The summed E-state index contributed by atoms with van der Waals surface area (Å²) in [6, 6.07) is 2.53. The predicted octanol–water partition coefficient (Wildman–Crippen LogP) is 1.92. The van der Waals surface area contributed by atoms with E-state index in [0.717, 1.165) is 51.0 Å². The minimum Gasteiger partial charge on any atom is -0.379 e. The number of nitrogens with zero attached hydrogens (tertiary/aromatic N) is 4. The van der Waals surface area contributed by atoms with Crippen LogP contribution in [-0.2, 0) is 4.74 Å². The molecule has 114 valence electrons. The first-order valence-corrected chi connectivity index (χ1v) is 8.28.